The van der Waals surface area contributed by atoms with E-state index in [0.717, 1.165) is 56.6 Å². The van der Waals surface area contributed by atoms with Crippen LogP contribution in [0.15, 0.2) is 27.6 Å². The third-order valence-electron chi connectivity index (χ3n) is 5.23. The molecule has 0 saturated carbocycles. The predicted molar refractivity (Wildman–Crippen MR) is 94.0 cm³/mol. The summed E-state index contributed by atoms with van der Waals surface area (Å²) in [6, 6.07) is 3.16. The molecule has 2 aromatic heterocycles. The smallest absolute Gasteiger partial charge is 0.292 e. The van der Waals surface area contributed by atoms with Crippen LogP contribution in [0.5, 0.6) is 0 Å². The maximum atomic E-state index is 12.8. The summed E-state index contributed by atoms with van der Waals surface area (Å²) < 4.78 is 6.85. The molecule has 0 radical (unpaired) electrons. The standard InChI is InChI=1S/C18H23N5O3/c24-16-6-3-7-19-23(16)13-10-21-8-11-22(12-9-21)18(25)17-14-4-1-2-5-15(14)20-26-17/h3,6-7H,1-2,4-5,8-13H2. The molecule has 0 aromatic carbocycles. The van der Waals surface area contributed by atoms with Crippen LogP contribution in [0.25, 0.3) is 0 Å². The molecule has 1 aliphatic heterocycles. The highest BCUT2D eigenvalue weighted by atomic mass is 16.5. The molecule has 1 saturated heterocycles. The number of carbonyl (C=O) groups excluding carboxylic acids is 1. The lowest BCUT2D eigenvalue weighted by molar-refractivity contribution is 0.0590. The van der Waals surface area contributed by atoms with Crippen molar-refractivity contribution in [1.29, 1.82) is 0 Å². The Kier molecular flexibility index (Phi) is 4.83. The molecular formula is C18H23N5O3. The lowest BCUT2D eigenvalue weighted by atomic mass is 9.96. The summed E-state index contributed by atoms with van der Waals surface area (Å²) in [7, 11) is 0. The average Bonchev–Trinajstić information content (AvgIpc) is 3.11. The Balaban J connectivity index is 1.32. The average molecular weight is 357 g/mol. The summed E-state index contributed by atoms with van der Waals surface area (Å²) in [6.07, 6.45) is 5.63. The van der Waals surface area contributed by atoms with Crippen molar-refractivity contribution in [3.05, 3.63) is 45.7 Å². The molecule has 138 valence electrons. The first-order valence-corrected chi connectivity index (χ1v) is 9.23. The first-order chi connectivity index (χ1) is 12.7. The van der Waals surface area contributed by atoms with Crippen molar-refractivity contribution in [2.24, 2.45) is 0 Å². The zero-order chi connectivity index (χ0) is 17.9. The second kappa shape index (κ2) is 7.41. The minimum Gasteiger partial charge on any atom is -0.350 e. The van der Waals surface area contributed by atoms with Gasteiger partial charge in [0.2, 0.25) is 5.76 Å². The molecular weight excluding hydrogens is 334 g/mol. The van der Waals surface area contributed by atoms with Gasteiger partial charge >= 0.3 is 0 Å². The Hall–Kier alpha value is -2.48. The van der Waals surface area contributed by atoms with Gasteiger partial charge in [-0.05, 0) is 31.7 Å². The Morgan fingerprint density at radius 1 is 1.12 bits per heavy atom. The van der Waals surface area contributed by atoms with E-state index in [1.54, 1.807) is 12.3 Å². The van der Waals surface area contributed by atoms with Crippen LogP contribution in [0.2, 0.25) is 0 Å². The molecule has 0 N–H and O–H groups in total. The van der Waals surface area contributed by atoms with E-state index < -0.39 is 0 Å². The molecule has 2 aliphatic rings. The van der Waals surface area contributed by atoms with Crippen LogP contribution in [0.4, 0.5) is 0 Å². The van der Waals surface area contributed by atoms with Crippen molar-refractivity contribution in [3.8, 4) is 0 Å². The predicted octanol–water partition coefficient (Wildman–Crippen LogP) is 0.568. The van der Waals surface area contributed by atoms with Crippen molar-refractivity contribution in [2.75, 3.05) is 32.7 Å². The first kappa shape index (κ1) is 17.0. The second-order valence-electron chi connectivity index (χ2n) is 6.86. The SMILES string of the molecule is O=C(c1onc2c1CCCC2)N1CCN(CCn2ncccc2=O)CC1. The van der Waals surface area contributed by atoms with Gasteiger partial charge in [-0.1, -0.05) is 5.16 Å². The van der Waals surface area contributed by atoms with Crippen LogP contribution in [0.1, 0.15) is 34.7 Å². The maximum Gasteiger partial charge on any atom is 0.292 e. The number of fused-ring (bicyclic) bond motifs is 1. The van der Waals surface area contributed by atoms with Crippen LogP contribution >= 0.6 is 0 Å². The second-order valence-corrected chi connectivity index (χ2v) is 6.86. The van der Waals surface area contributed by atoms with Crippen molar-refractivity contribution >= 4 is 5.91 Å². The highest BCUT2D eigenvalue weighted by Crippen LogP contribution is 2.25. The lowest BCUT2D eigenvalue weighted by Gasteiger charge is -2.34. The van der Waals surface area contributed by atoms with Gasteiger partial charge in [0.1, 0.15) is 0 Å². The van der Waals surface area contributed by atoms with Gasteiger partial charge in [0.25, 0.3) is 11.5 Å². The van der Waals surface area contributed by atoms with Crippen molar-refractivity contribution in [2.45, 2.75) is 32.2 Å². The molecule has 0 bridgehead atoms. The van der Waals surface area contributed by atoms with Gasteiger partial charge < -0.3 is 9.42 Å². The molecule has 3 heterocycles. The molecule has 1 fully saturated rings. The number of rotatable bonds is 4. The molecule has 8 heteroatoms. The number of hydrogen-bond acceptors (Lipinski definition) is 6. The summed E-state index contributed by atoms with van der Waals surface area (Å²) >= 11 is 0. The number of aromatic nitrogens is 3. The van der Waals surface area contributed by atoms with Crippen molar-refractivity contribution in [3.63, 3.8) is 0 Å². The fourth-order valence-electron chi connectivity index (χ4n) is 3.67. The van der Waals surface area contributed by atoms with Crippen molar-refractivity contribution < 1.29 is 9.32 Å². The van der Waals surface area contributed by atoms with Gasteiger partial charge in [0.05, 0.1) is 12.2 Å². The molecule has 0 atom stereocenters. The molecule has 4 rings (SSSR count). The maximum absolute atomic E-state index is 12.8. The molecule has 8 nitrogen and oxygen atoms in total. The zero-order valence-electron chi connectivity index (χ0n) is 14.8. The molecule has 1 aliphatic carbocycles. The summed E-state index contributed by atoms with van der Waals surface area (Å²) in [5, 5.41) is 8.16. The van der Waals surface area contributed by atoms with E-state index in [9.17, 15) is 9.59 Å². The van der Waals surface area contributed by atoms with E-state index in [2.05, 4.69) is 15.2 Å². The minimum absolute atomic E-state index is 0.0405. The number of aryl methyl sites for hydroxylation is 1. The summed E-state index contributed by atoms with van der Waals surface area (Å²) in [6.45, 7) is 4.18. The summed E-state index contributed by atoms with van der Waals surface area (Å²) in [5.41, 5.74) is 1.88. The van der Waals surface area contributed by atoms with E-state index in [4.69, 9.17) is 4.52 Å². The number of amides is 1. The van der Waals surface area contributed by atoms with Crippen LogP contribution < -0.4 is 5.56 Å². The Morgan fingerprint density at radius 2 is 1.92 bits per heavy atom. The van der Waals surface area contributed by atoms with Crippen LogP contribution in [-0.2, 0) is 19.4 Å². The van der Waals surface area contributed by atoms with Gasteiger partial charge in [0, 0.05) is 50.6 Å². The number of hydrogen-bond donors (Lipinski definition) is 0. The Morgan fingerprint density at radius 3 is 2.73 bits per heavy atom. The van der Waals surface area contributed by atoms with Gasteiger partial charge in [-0.15, -0.1) is 0 Å². The highest BCUT2D eigenvalue weighted by molar-refractivity contribution is 5.93. The fourth-order valence-corrected chi connectivity index (χ4v) is 3.67. The minimum atomic E-state index is -0.0867. The van der Waals surface area contributed by atoms with Crippen LogP contribution in [0, 0.1) is 0 Å². The van der Waals surface area contributed by atoms with Crippen molar-refractivity contribution in [1.82, 2.24) is 24.7 Å². The molecule has 0 unspecified atom stereocenters. The van der Waals surface area contributed by atoms with Gasteiger partial charge in [-0.2, -0.15) is 5.10 Å². The molecule has 2 aromatic rings. The number of piperazine rings is 1. The van der Waals surface area contributed by atoms with E-state index in [1.165, 1.54) is 10.7 Å². The third-order valence-corrected chi connectivity index (χ3v) is 5.23. The summed E-state index contributed by atoms with van der Waals surface area (Å²) in [5.74, 6) is 0.398. The number of carbonyl (C=O) groups is 1. The van der Waals surface area contributed by atoms with Gasteiger partial charge in [-0.25, -0.2) is 4.68 Å². The Labute approximate surface area is 151 Å². The largest absolute Gasteiger partial charge is 0.350 e. The normalized spacial score (nSPS) is 17.9. The van der Waals surface area contributed by atoms with E-state index in [-0.39, 0.29) is 11.5 Å². The Bertz CT molecular complexity index is 835. The third kappa shape index (κ3) is 3.41. The topological polar surface area (TPSA) is 84.5 Å². The molecule has 1 amide bonds. The quantitative estimate of drug-likeness (QED) is 0.795. The van der Waals surface area contributed by atoms with Gasteiger partial charge in [0.15, 0.2) is 0 Å². The van der Waals surface area contributed by atoms with E-state index in [1.807, 2.05) is 4.90 Å². The summed E-state index contributed by atoms with van der Waals surface area (Å²) in [4.78, 5) is 28.6. The monoisotopic (exact) mass is 357 g/mol. The first-order valence-electron chi connectivity index (χ1n) is 9.23. The fraction of sp³-hybridized carbons (Fsp3) is 0.556. The van der Waals surface area contributed by atoms with Gasteiger partial charge in [-0.3, -0.25) is 14.5 Å². The molecule has 0 spiro atoms. The zero-order valence-corrected chi connectivity index (χ0v) is 14.8. The molecule has 26 heavy (non-hydrogen) atoms. The van der Waals surface area contributed by atoms with Crippen LogP contribution in [-0.4, -0.2) is 63.4 Å². The van der Waals surface area contributed by atoms with Crippen LogP contribution in [0.3, 0.4) is 0 Å². The highest BCUT2D eigenvalue weighted by Gasteiger charge is 2.29. The van der Waals surface area contributed by atoms with E-state index in [0.29, 0.717) is 25.4 Å². The number of nitrogens with zero attached hydrogens (tertiary/aromatic N) is 5. The lowest BCUT2D eigenvalue weighted by Crippen LogP contribution is -2.49. The van der Waals surface area contributed by atoms with E-state index >= 15 is 0 Å².